The van der Waals surface area contributed by atoms with Crippen molar-refractivity contribution in [2.75, 3.05) is 6.61 Å². The van der Waals surface area contributed by atoms with Gasteiger partial charge in [-0.2, -0.15) is 0 Å². The second kappa shape index (κ2) is 11.5. The first-order valence-corrected chi connectivity index (χ1v) is 9.49. The summed E-state index contributed by atoms with van der Waals surface area (Å²) in [5, 5.41) is 9.25. The summed E-state index contributed by atoms with van der Waals surface area (Å²) in [5.41, 5.74) is 0. The standard InChI is InChI=1S/C19H34O4/c1-3-5-6-10-15(9-4-2)13-14-23-19(22)17-12-8-7-11-16(17)18(20)21/h15-17H,3-14H2,1-2H3,(H,20,21). The van der Waals surface area contributed by atoms with E-state index in [0.717, 1.165) is 25.7 Å². The Hall–Kier alpha value is -1.06. The van der Waals surface area contributed by atoms with Gasteiger partial charge in [0.15, 0.2) is 0 Å². The van der Waals surface area contributed by atoms with Crippen LogP contribution in [0.2, 0.25) is 0 Å². The van der Waals surface area contributed by atoms with E-state index in [1.54, 1.807) is 0 Å². The maximum absolute atomic E-state index is 12.2. The van der Waals surface area contributed by atoms with Crippen molar-refractivity contribution in [1.82, 2.24) is 0 Å². The molecule has 134 valence electrons. The quantitative estimate of drug-likeness (QED) is 0.437. The molecule has 0 spiro atoms. The van der Waals surface area contributed by atoms with Crippen LogP contribution in [-0.4, -0.2) is 23.7 Å². The number of carbonyl (C=O) groups excluding carboxylic acids is 1. The normalized spacial score (nSPS) is 22.5. The van der Waals surface area contributed by atoms with Crippen LogP contribution in [0.15, 0.2) is 0 Å². The number of ether oxygens (including phenoxy) is 1. The molecule has 1 saturated carbocycles. The minimum atomic E-state index is -0.852. The number of carbonyl (C=O) groups is 2. The van der Waals surface area contributed by atoms with Gasteiger partial charge in [-0.1, -0.05) is 65.2 Å². The minimum Gasteiger partial charge on any atom is -0.481 e. The highest BCUT2D eigenvalue weighted by Gasteiger charge is 2.36. The molecule has 0 saturated heterocycles. The summed E-state index contributed by atoms with van der Waals surface area (Å²) in [6.45, 7) is 4.84. The van der Waals surface area contributed by atoms with Gasteiger partial charge in [-0.05, 0) is 25.2 Å². The van der Waals surface area contributed by atoms with E-state index < -0.39 is 17.8 Å². The molecule has 4 nitrogen and oxygen atoms in total. The van der Waals surface area contributed by atoms with E-state index in [9.17, 15) is 14.7 Å². The van der Waals surface area contributed by atoms with Gasteiger partial charge in [-0.15, -0.1) is 0 Å². The Bertz CT molecular complexity index is 353. The van der Waals surface area contributed by atoms with Crippen molar-refractivity contribution >= 4 is 11.9 Å². The molecule has 0 radical (unpaired) electrons. The summed E-state index contributed by atoms with van der Waals surface area (Å²) in [7, 11) is 0. The highest BCUT2D eigenvalue weighted by atomic mass is 16.5. The van der Waals surface area contributed by atoms with Crippen LogP contribution < -0.4 is 0 Å². The topological polar surface area (TPSA) is 63.6 Å². The molecule has 1 fully saturated rings. The van der Waals surface area contributed by atoms with E-state index in [0.29, 0.717) is 25.4 Å². The van der Waals surface area contributed by atoms with Crippen LogP contribution in [0.3, 0.4) is 0 Å². The van der Waals surface area contributed by atoms with Crippen LogP contribution in [0, 0.1) is 17.8 Å². The first kappa shape index (κ1) is 20.0. The van der Waals surface area contributed by atoms with E-state index in [-0.39, 0.29) is 5.97 Å². The third kappa shape index (κ3) is 7.36. The smallest absolute Gasteiger partial charge is 0.309 e. The first-order valence-electron chi connectivity index (χ1n) is 9.49. The lowest BCUT2D eigenvalue weighted by molar-refractivity contribution is -0.160. The Morgan fingerprint density at radius 1 is 1.00 bits per heavy atom. The van der Waals surface area contributed by atoms with E-state index in [1.807, 2.05) is 0 Å². The van der Waals surface area contributed by atoms with E-state index in [4.69, 9.17) is 4.74 Å². The van der Waals surface area contributed by atoms with Gasteiger partial charge in [-0.25, -0.2) is 0 Å². The zero-order valence-electron chi connectivity index (χ0n) is 14.9. The van der Waals surface area contributed by atoms with Crippen LogP contribution in [0.4, 0.5) is 0 Å². The second-order valence-electron chi connectivity index (χ2n) is 6.94. The molecular weight excluding hydrogens is 292 g/mol. The van der Waals surface area contributed by atoms with Gasteiger partial charge in [-0.3, -0.25) is 9.59 Å². The first-order chi connectivity index (χ1) is 11.1. The molecule has 23 heavy (non-hydrogen) atoms. The molecule has 0 heterocycles. The summed E-state index contributed by atoms with van der Waals surface area (Å²) >= 11 is 0. The number of carboxylic acids is 1. The van der Waals surface area contributed by atoms with Gasteiger partial charge in [0, 0.05) is 0 Å². The monoisotopic (exact) mass is 326 g/mol. The molecule has 4 heteroatoms. The number of hydrogen-bond acceptors (Lipinski definition) is 3. The van der Waals surface area contributed by atoms with Crippen molar-refractivity contribution < 1.29 is 19.4 Å². The molecule has 1 aliphatic carbocycles. The molecule has 0 aromatic rings. The fourth-order valence-corrected chi connectivity index (χ4v) is 3.67. The highest BCUT2D eigenvalue weighted by Crippen LogP contribution is 2.31. The molecule has 3 atom stereocenters. The number of carboxylic acid groups (broad SMARTS) is 1. The van der Waals surface area contributed by atoms with E-state index >= 15 is 0 Å². The van der Waals surface area contributed by atoms with Crippen molar-refractivity contribution in [3.63, 3.8) is 0 Å². The van der Waals surface area contributed by atoms with Gasteiger partial charge < -0.3 is 9.84 Å². The summed E-state index contributed by atoms with van der Waals surface area (Å²) in [6, 6.07) is 0. The number of hydrogen-bond donors (Lipinski definition) is 1. The van der Waals surface area contributed by atoms with E-state index in [2.05, 4.69) is 13.8 Å². The third-order valence-corrected chi connectivity index (χ3v) is 5.07. The number of unbranched alkanes of at least 4 members (excludes halogenated alkanes) is 2. The summed E-state index contributed by atoms with van der Waals surface area (Å²) in [6.07, 6.45) is 11.3. The van der Waals surface area contributed by atoms with Gasteiger partial charge in [0.05, 0.1) is 18.4 Å². The molecule has 1 rings (SSSR count). The number of esters is 1. The molecule has 3 unspecified atom stereocenters. The Kier molecular flexibility index (Phi) is 9.97. The van der Waals surface area contributed by atoms with Crippen LogP contribution in [0.25, 0.3) is 0 Å². The molecule has 1 N–H and O–H groups in total. The highest BCUT2D eigenvalue weighted by molar-refractivity contribution is 5.81. The van der Waals surface area contributed by atoms with Crippen molar-refractivity contribution in [2.45, 2.75) is 84.5 Å². The molecular formula is C19H34O4. The Morgan fingerprint density at radius 2 is 1.70 bits per heavy atom. The van der Waals surface area contributed by atoms with E-state index in [1.165, 1.54) is 32.1 Å². The van der Waals surface area contributed by atoms with Crippen molar-refractivity contribution in [3.05, 3.63) is 0 Å². The Labute approximate surface area is 141 Å². The Balaban J connectivity index is 2.36. The molecule has 0 aliphatic heterocycles. The SMILES string of the molecule is CCCCCC(CCC)CCOC(=O)C1CCCCC1C(=O)O. The van der Waals surface area contributed by atoms with Gasteiger partial charge in [0.25, 0.3) is 0 Å². The van der Waals surface area contributed by atoms with Gasteiger partial charge in [0.2, 0.25) is 0 Å². The molecule has 0 bridgehead atoms. The molecule has 0 aromatic heterocycles. The van der Waals surface area contributed by atoms with Gasteiger partial charge in [0.1, 0.15) is 0 Å². The maximum atomic E-state index is 12.2. The zero-order chi connectivity index (χ0) is 17.1. The maximum Gasteiger partial charge on any atom is 0.309 e. The average molecular weight is 326 g/mol. The van der Waals surface area contributed by atoms with Crippen LogP contribution >= 0.6 is 0 Å². The zero-order valence-corrected chi connectivity index (χ0v) is 14.9. The van der Waals surface area contributed by atoms with Crippen LogP contribution in [0.5, 0.6) is 0 Å². The fraction of sp³-hybridized carbons (Fsp3) is 0.895. The number of aliphatic carboxylic acids is 1. The lowest BCUT2D eigenvalue weighted by Gasteiger charge is -2.27. The third-order valence-electron chi connectivity index (χ3n) is 5.07. The largest absolute Gasteiger partial charge is 0.481 e. The number of rotatable bonds is 11. The lowest BCUT2D eigenvalue weighted by atomic mass is 9.79. The lowest BCUT2D eigenvalue weighted by Crippen LogP contribution is -2.34. The Morgan fingerprint density at radius 3 is 2.30 bits per heavy atom. The van der Waals surface area contributed by atoms with Crippen LogP contribution in [-0.2, 0) is 14.3 Å². The minimum absolute atomic E-state index is 0.291. The molecule has 1 aliphatic rings. The molecule has 0 amide bonds. The van der Waals surface area contributed by atoms with Crippen LogP contribution in [0.1, 0.15) is 84.5 Å². The molecule has 0 aromatic carbocycles. The van der Waals surface area contributed by atoms with Crippen molar-refractivity contribution in [1.29, 1.82) is 0 Å². The predicted molar refractivity (Wildman–Crippen MR) is 91.2 cm³/mol. The predicted octanol–water partition coefficient (Wildman–Crippen LogP) is 4.81. The summed E-state index contributed by atoms with van der Waals surface area (Å²) < 4.78 is 5.44. The summed E-state index contributed by atoms with van der Waals surface area (Å²) in [5.74, 6) is -1.50. The fourth-order valence-electron chi connectivity index (χ4n) is 3.67. The second-order valence-corrected chi connectivity index (χ2v) is 6.94. The van der Waals surface area contributed by atoms with Crippen molar-refractivity contribution in [3.8, 4) is 0 Å². The average Bonchev–Trinajstić information content (AvgIpc) is 2.55. The summed E-state index contributed by atoms with van der Waals surface area (Å²) in [4.78, 5) is 23.5. The van der Waals surface area contributed by atoms with Gasteiger partial charge >= 0.3 is 11.9 Å². The van der Waals surface area contributed by atoms with Crippen molar-refractivity contribution in [2.24, 2.45) is 17.8 Å².